The lowest BCUT2D eigenvalue weighted by molar-refractivity contribution is -0.916. The molecule has 2 N–H and O–H groups in total. The first-order valence-electron chi connectivity index (χ1n) is 8.04. The Hall–Kier alpha value is -2.52. The average molecular weight is 304 g/mol. The molecule has 0 saturated carbocycles. The molecule has 0 aliphatic rings. The minimum Gasteiger partial charge on any atom is -0.361 e. The first-order valence-corrected chi connectivity index (χ1v) is 8.04. The van der Waals surface area contributed by atoms with E-state index in [1.807, 2.05) is 0 Å². The van der Waals surface area contributed by atoms with Crippen LogP contribution >= 0.6 is 0 Å². The van der Waals surface area contributed by atoms with Crippen molar-refractivity contribution in [2.24, 2.45) is 0 Å². The smallest absolute Gasteiger partial charge is 0.106 e. The van der Waals surface area contributed by atoms with Crippen LogP contribution < -0.4 is 0 Å². The Bertz CT molecular complexity index is 881. The molecule has 0 radical (unpaired) electrons. The van der Waals surface area contributed by atoms with Crippen molar-refractivity contribution >= 4 is 21.8 Å². The van der Waals surface area contributed by atoms with Gasteiger partial charge in [-0.3, -0.25) is 0 Å². The van der Waals surface area contributed by atoms with E-state index in [1.54, 1.807) is 0 Å². The fraction of sp³-hybridized carbons (Fsp3) is 0.200. The summed E-state index contributed by atoms with van der Waals surface area (Å²) in [6.45, 7) is 2.01. The first-order chi connectivity index (χ1) is 11.1. The summed E-state index contributed by atoms with van der Waals surface area (Å²) in [7, 11) is 4.59. The molecule has 2 heterocycles. The normalized spacial score (nSPS) is 12.3. The molecule has 3 heteroatoms. The number of rotatable bonds is 4. The molecule has 4 rings (SSSR count). The molecule has 0 aliphatic heterocycles. The Balaban J connectivity index is 1.63. The second-order valence-electron chi connectivity index (χ2n) is 6.97. The molecule has 0 bridgehead atoms. The summed E-state index contributed by atoms with van der Waals surface area (Å²) in [6, 6.07) is 17.1. The highest BCUT2D eigenvalue weighted by atomic mass is 15.3. The number of aromatic amines is 2. The van der Waals surface area contributed by atoms with Crippen LogP contribution in [0.4, 0.5) is 0 Å². The summed E-state index contributed by atoms with van der Waals surface area (Å²) in [5, 5.41) is 2.66. The number of fused-ring (bicyclic) bond motifs is 2. The topological polar surface area (TPSA) is 31.6 Å². The number of benzene rings is 2. The zero-order chi connectivity index (χ0) is 15.9. The number of hydrogen-bond donors (Lipinski definition) is 2. The van der Waals surface area contributed by atoms with Crippen LogP contribution in [-0.4, -0.2) is 28.5 Å². The van der Waals surface area contributed by atoms with Gasteiger partial charge in [0.05, 0.1) is 14.1 Å². The minimum absolute atomic E-state index is 0.920. The van der Waals surface area contributed by atoms with E-state index in [0.717, 1.165) is 17.6 Å². The molecular formula is C20H22N3+. The molecule has 4 aromatic rings. The van der Waals surface area contributed by atoms with E-state index in [2.05, 4.69) is 85.0 Å². The third kappa shape index (κ3) is 2.64. The van der Waals surface area contributed by atoms with E-state index in [-0.39, 0.29) is 0 Å². The van der Waals surface area contributed by atoms with Crippen LogP contribution in [0, 0.1) is 0 Å². The molecule has 0 amide bonds. The molecule has 116 valence electrons. The number of quaternary nitrogens is 1. The van der Waals surface area contributed by atoms with E-state index >= 15 is 0 Å². The Kier molecular flexibility index (Phi) is 3.24. The first kappa shape index (κ1) is 14.1. The largest absolute Gasteiger partial charge is 0.361 e. The summed E-state index contributed by atoms with van der Waals surface area (Å²) < 4.78 is 0.920. The summed E-state index contributed by atoms with van der Waals surface area (Å²) in [6.07, 6.45) is 4.31. The van der Waals surface area contributed by atoms with Gasteiger partial charge < -0.3 is 14.5 Å². The molecular weight excluding hydrogens is 282 g/mol. The average Bonchev–Trinajstić information content (AvgIpc) is 3.12. The van der Waals surface area contributed by atoms with Crippen molar-refractivity contribution in [3.63, 3.8) is 0 Å². The molecule has 0 atom stereocenters. The maximum atomic E-state index is 3.38. The van der Waals surface area contributed by atoms with Crippen molar-refractivity contribution in [1.82, 2.24) is 9.97 Å². The molecule has 3 nitrogen and oxygen atoms in total. The number of hydrogen-bond acceptors (Lipinski definition) is 0. The Morgan fingerprint density at radius 3 is 1.61 bits per heavy atom. The lowest BCUT2D eigenvalue weighted by atomic mass is 10.1. The van der Waals surface area contributed by atoms with E-state index in [4.69, 9.17) is 0 Å². The predicted molar refractivity (Wildman–Crippen MR) is 96.1 cm³/mol. The van der Waals surface area contributed by atoms with Crippen molar-refractivity contribution in [2.45, 2.75) is 13.1 Å². The number of aromatic nitrogens is 2. The Labute approximate surface area is 136 Å². The minimum atomic E-state index is 0.920. The van der Waals surface area contributed by atoms with Crippen molar-refractivity contribution < 1.29 is 4.48 Å². The lowest BCUT2D eigenvalue weighted by Gasteiger charge is -2.29. The number of para-hydroxylation sites is 2. The second-order valence-corrected chi connectivity index (χ2v) is 6.97. The summed E-state index contributed by atoms with van der Waals surface area (Å²) in [4.78, 5) is 6.77. The van der Waals surface area contributed by atoms with Gasteiger partial charge in [-0.1, -0.05) is 36.4 Å². The molecule has 2 aromatic heterocycles. The van der Waals surface area contributed by atoms with Gasteiger partial charge in [0.2, 0.25) is 0 Å². The Morgan fingerprint density at radius 1 is 0.696 bits per heavy atom. The fourth-order valence-electron chi connectivity index (χ4n) is 3.50. The van der Waals surface area contributed by atoms with Gasteiger partial charge in [-0.2, -0.15) is 0 Å². The van der Waals surface area contributed by atoms with Crippen molar-refractivity contribution in [3.05, 3.63) is 72.1 Å². The summed E-state index contributed by atoms with van der Waals surface area (Å²) in [5.41, 5.74) is 5.19. The number of nitrogens with zero attached hydrogens (tertiary/aromatic N) is 1. The quantitative estimate of drug-likeness (QED) is 0.523. The van der Waals surface area contributed by atoms with Gasteiger partial charge in [-0.15, -0.1) is 0 Å². The van der Waals surface area contributed by atoms with Crippen LogP contribution in [0.15, 0.2) is 60.9 Å². The predicted octanol–water partition coefficient (Wildman–Crippen LogP) is 4.43. The highest BCUT2D eigenvalue weighted by Crippen LogP contribution is 2.25. The van der Waals surface area contributed by atoms with Crippen LogP contribution in [0.2, 0.25) is 0 Å². The van der Waals surface area contributed by atoms with Crippen LogP contribution in [0.1, 0.15) is 11.1 Å². The highest BCUT2D eigenvalue weighted by molar-refractivity contribution is 5.83. The second kappa shape index (κ2) is 5.28. The molecule has 23 heavy (non-hydrogen) atoms. The van der Waals surface area contributed by atoms with Crippen LogP contribution in [0.3, 0.4) is 0 Å². The van der Waals surface area contributed by atoms with Crippen molar-refractivity contribution in [3.8, 4) is 0 Å². The van der Waals surface area contributed by atoms with E-state index in [1.165, 1.54) is 32.9 Å². The van der Waals surface area contributed by atoms with Crippen LogP contribution in [-0.2, 0) is 13.1 Å². The maximum Gasteiger partial charge on any atom is 0.106 e. The van der Waals surface area contributed by atoms with Crippen molar-refractivity contribution in [1.29, 1.82) is 0 Å². The van der Waals surface area contributed by atoms with Gasteiger partial charge in [0.25, 0.3) is 0 Å². The highest BCUT2D eigenvalue weighted by Gasteiger charge is 2.20. The van der Waals surface area contributed by atoms with E-state index in [0.29, 0.717) is 0 Å². The monoisotopic (exact) mass is 304 g/mol. The lowest BCUT2D eigenvalue weighted by Crippen LogP contribution is -2.37. The van der Waals surface area contributed by atoms with Crippen molar-refractivity contribution in [2.75, 3.05) is 14.1 Å². The number of H-pyrrole nitrogens is 2. The molecule has 0 aliphatic carbocycles. The fourth-order valence-corrected chi connectivity index (χ4v) is 3.50. The molecule has 0 spiro atoms. The third-order valence-electron chi connectivity index (χ3n) is 4.55. The van der Waals surface area contributed by atoms with Gasteiger partial charge in [-0.05, 0) is 12.1 Å². The molecule has 2 aromatic carbocycles. The maximum absolute atomic E-state index is 3.38. The van der Waals surface area contributed by atoms with Gasteiger partial charge in [0.1, 0.15) is 13.1 Å². The third-order valence-corrected chi connectivity index (χ3v) is 4.55. The van der Waals surface area contributed by atoms with E-state index < -0.39 is 0 Å². The van der Waals surface area contributed by atoms with E-state index in [9.17, 15) is 0 Å². The molecule has 0 saturated heterocycles. The van der Waals surface area contributed by atoms with Gasteiger partial charge >= 0.3 is 0 Å². The van der Waals surface area contributed by atoms with Crippen LogP contribution in [0.5, 0.6) is 0 Å². The SMILES string of the molecule is C[N+](C)(Cc1c[nH]c2ccccc12)Cc1c[nH]c2ccccc12. The summed E-state index contributed by atoms with van der Waals surface area (Å²) in [5.74, 6) is 0. The number of nitrogens with one attached hydrogen (secondary N) is 2. The zero-order valence-electron chi connectivity index (χ0n) is 13.6. The summed E-state index contributed by atoms with van der Waals surface area (Å²) >= 11 is 0. The molecule has 0 fully saturated rings. The van der Waals surface area contributed by atoms with Gasteiger partial charge in [0, 0.05) is 45.3 Å². The molecule has 0 unspecified atom stereocenters. The standard InChI is InChI=1S/C20H22N3/c1-23(2,13-15-11-21-19-9-5-3-7-17(15)19)14-16-12-22-20-10-6-4-8-18(16)20/h3-12,21-22H,13-14H2,1-2H3/q+1. The Morgan fingerprint density at radius 2 is 1.13 bits per heavy atom. The zero-order valence-corrected chi connectivity index (χ0v) is 13.6. The van der Waals surface area contributed by atoms with Gasteiger partial charge in [0.15, 0.2) is 0 Å². The van der Waals surface area contributed by atoms with Gasteiger partial charge in [-0.25, -0.2) is 0 Å². The van der Waals surface area contributed by atoms with Crippen LogP contribution in [0.25, 0.3) is 21.8 Å².